The van der Waals surface area contributed by atoms with Crippen molar-refractivity contribution in [1.82, 2.24) is 20.2 Å². The molecule has 0 aliphatic heterocycles. The number of benzene rings is 1. The van der Waals surface area contributed by atoms with Crippen molar-refractivity contribution >= 4 is 17.7 Å². The Kier molecular flexibility index (Phi) is 5.71. The predicted octanol–water partition coefficient (Wildman–Crippen LogP) is 1.71. The van der Waals surface area contributed by atoms with Crippen LogP contribution in [-0.2, 0) is 16.8 Å². The molecule has 0 aliphatic rings. The lowest BCUT2D eigenvalue weighted by Crippen LogP contribution is -2.21. The van der Waals surface area contributed by atoms with Gasteiger partial charge in [-0.3, -0.25) is 4.79 Å². The molecule has 24 heavy (non-hydrogen) atoms. The number of nitrogens with two attached hydrogens (primary N) is 1. The molecular formula is C16H23N5O2S. The van der Waals surface area contributed by atoms with Gasteiger partial charge in [-0.2, -0.15) is 0 Å². The van der Waals surface area contributed by atoms with E-state index in [0.717, 1.165) is 5.75 Å². The lowest BCUT2D eigenvalue weighted by atomic mass is 9.87. The fourth-order valence-corrected chi connectivity index (χ4v) is 2.65. The van der Waals surface area contributed by atoms with Gasteiger partial charge in [0.2, 0.25) is 11.1 Å². The van der Waals surface area contributed by atoms with Crippen molar-refractivity contribution in [3.8, 4) is 5.75 Å². The zero-order chi connectivity index (χ0) is 17.7. The lowest BCUT2D eigenvalue weighted by molar-refractivity contribution is -0.118. The van der Waals surface area contributed by atoms with Crippen LogP contribution in [0.3, 0.4) is 0 Å². The van der Waals surface area contributed by atoms with Crippen molar-refractivity contribution in [3.63, 3.8) is 0 Å². The van der Waals surface area contributed by atoms with E-state index in [-0.39, 0.29) is 23.7 Å². The Labute approximate surface area is 145 Å². The van der Waals surface area contributed by atoms with E-state index in [2.05, 4.69) is 36.3 Å². The van der Waals surface area contributed by atoms with Gasteiger partial charge in [0.1, 0.15) is 12.4 Å². The third-order valence-electron chi connectivity index (χ3n) is 3.43. The van der Waals surface area contributed by atoms with Crippen molar-refractivity contribution < 1.29 is 9.53 Å². The first-order chi connectivity index (χ1) is 11.3. The molecule has 0 bridgehead atoms. The van der Waals surface area contributed by atoms with E-state index in [1.54, 1.807) is 7.05 Å². The molecule has 0 radical (unpaired) electrons. The Balaban J connectivity index is 1.95. The van der Waals surface area contributed by atoms with E-state index < -0.39 is 0 Å². The molecule has 0 fully saturated rings. The molecule has 7 nitrogen and oxygen atoms in total. The van der Waals surface area contributed by atoms with Gasteiger partial charge in [-0.05, 0) is 23.1 Å². The van der Waals surface area contributed by atoms with Crippen LogP contribution >= 0.6 is 11.8 Å². The SMILES string of the molecule is CNC(=O)CSc1nnc(COc2ccc(C(C)(C)C)cc2)n1N. The Hall–Kier alpha value is -2.22. The van der Waals surface area contributed by atoms with Crippen molar-refractivity contribution in [3.05, 3.63) is 35.7 Å². The van der Waals surface area contributed by atoms with Crippen LogP contribution in [0.4, 0.5) is 0 Å². The first-order valence-electron chi connectivity index (χ1n) is 7.57. The highest BCUT2D eigenvalue weighted by Gasteiger charge is 2.14. The molecule has 1 aromatic heterocycles. The van der Waals surface area contributed by atoms with E-state index in [9.17, 15) is 4.79 Å². The number of amides is 1. The Bertz CT molecular complexity index is 691. The number of rotatable bonds is 6. The Morgan fingerprint density at radius 1 is 1.29 bits per heavy atom. The summed E-state index contributed by atoms with van der Waals surface area (Å²) in [5, 5.41) is 11.0. The van der Waals surface area contributed by atoms with Gasteiger partial charge in [0.05, 0.1) is 5.75 Å². The number of nitrogens with one attached hydrogen (secondary N) is 1. The molecule has 1 aromatic carbocycles. The average molecular weight is 349 g/mol. The quantitative estimate of drug-likeness (QED) is 0.609. The summed E-state index contributed by atoms with van der Waals surface area (Å²) in [6, 6.07) is 7.96. The maximum atomic E-state index is 11.3. The van der Waals surface area contributed by atoms with Crippen LogP contribution in [0.15, 0.2) is 29.4 Å². The van der Waals surface area contributed by atoms with Crippen LogP contribution in [0.2, 0.25) is 0 Å². The van der Waals surface area contributed by atoms with E-state index in [1.807, 2.05) is 24.3 Å². The molecule has 3 N–H and O–H groups in total. The minimum Gasteiger partial charge on any atom is -0.486 e. The number of nitrogen functional groups attached to an aromatic ring is 1. The number of carbonyl (C=O) groups is 1. The highest BCUT2D eigenvalue weighted by Crippen LogP contribution is 2.24. The predicted molar refractivity (Wildman–Crippen MR) is 94.4 cm³/mol. The molecule has 130 valence electrons. The lowest BCUT2D eigenvalue weighted by Gasteiger charge is -2.19. The Morgan fingerprint density at radius 2 is 1.96 bits per heavy atom. The average Bonchev–Trinajstić information content (AvgIpc) is 2.90. The van der Waals surface area contributed by atoms with Crippen LogP contribution in [0.1, 0.15) is 32.2 Å². The van der Waals surface area contributed by atoms with Gasteiger partial charge >= 0.3 is 0 Å². The van der Waals surface area contributed by atoms with Crippen LogP contribution in [0.5, 0.6) is 5.75 Å². The number of ether oxygens (including phenoxy) is 1. The second-order valence-corrected chi connectivity index (χ2v) is 7.24. The molecule has 1 heterocycles. The molecule has 0 spiro atoms. The smallest absolute Gasteiger partial charge is 0.230 e. The summed E-state index contributed by atoms with van der Waals surface area (Å²) in [4.78, 5) is 11.3. The molecule has 0 unspecified atom stereocenters. The highest BCUT2D eigenvalue weighted by molar-refractivity contribution is 7.99. The van der Waals surface area contributed by atoms with Crippen LogP contribution in [0, 0.1) is 0 Å². The molecule has 0 aliphatic carbocycles. The van der Waals surface area contributed by atoms with Gasteiger partial charge in [-0.15, -0.1) is 10.2 Å². The maximum absolute atomic E-state index is 11.3. The zero-order valence-corrected chi connectivity index (χ0v) is 15.2. The fraction of sp³-hybridized carbons (Fsp3) is 0.438. The zero-order valence-electron chi connectivity index (χ0n) is 14.4. The summed E-state index contributed by atoms with van der Waals surface area (Å²) >= 11 is 1.22. The van der Waals surface area contributed by atoms with E-state index in [1.165, 1.54) is 22.0 Å². The first-order valence-corrected chi connectivity index (χ1v) is 8.56. The maximum Gasteiger partial charge on any atom is 0.230 e. The van der Waals surface area contributed by atoms with Gasteiger partial charge in [-0.1, -0.05) is 44.7 Å². The van der Waals surface area contributed by atoms with Crippen LogP contribution in [0.25, 0.3) is 0 Å². The minimum absolute atomic E-state index is 0.0975. The topological polar surface area (TPSA) is 95.1 Å². The van der Waals surface area contributed by atoms with E-state index in [4.69, 9.17) is 10.6 Å². The highest BCUT2D eigenvalue weighted by atomic mass is 32.2. The van der Waals surface area contributed by atoms with Gasteiger partial charge in [-0.25, -0.2) is 4.68 Å². The van der Waals surface area contributed by atoms with Gasteiger partial charge in [0.25, 0.3) is 0 Å². The monoisotopic (exact) mass is 349 g/mol. The molecule has 0 atom stereocenters. The summed E-state index contributed by atoms with van der Waals surface area (Å²) in [6.45, 7) is 6.70. The first kappa shape index (κ1) is 18.1. The number of hydrogen-bond acceptors (Lipinski definition) is 6. The van der Waals surface area contributed by atoms with Gasteiger partial charge < -0.3 is 15.9 Å². The van der Waals surface area contributed by atoms with Crippen LogP contribution < -0.4 is 15.9 Å². The standard InChI is InChI=1S/C16H23N5O2S/c1-16(2,3)11-5-7-12(8-6-11)23-9-13-19-20-15(21(13)17)24-10-14(22)18-4/h5-8H,9-10,17H2,1-4H3,(H,18,22). The third-order valence-corrected chi connectivity index (χ3v) is 4.38. The number of nitrogens with zero attached hydrogens (tertiary/aromatic N) is 3. The molecule has 0 saturated heterocycles. The number of aromatic nitrogens is 3. The summed E-state index contributed by atoms with van der Waals surface area (Å²) in [5.41, 5.74) is 1.34. The summed E-state index contributed by atoms with van der Waals surface area (Å²) in [7, 11) is 1.58. The molecule has 8 heteroatoms. The normalized spacial score (nSPS) is 11.3. The van der Waals surface area contributed by atoms with Crippen molar-refractivity contribution in [2.24, 2.45) is 0 Å². The molecule has 2 rings (SSSR count). The van der Waals surface area contributed by atoms with E-state index >= 15 is 0 Å². The minimum atomic E-state index is -0.0975. The number of thioether (sulfide) groups is 1. The Morgan fingerprint density at radius 3 is 2.54 bits per heavy atom. The second kappa shape index (κ2) is 7.57. The van der Waals surface area contributed by atoms with Crippen LogP contribution in [-0.4, -0.2) is 33.6 Å². The third kappa shape index (κ3) is 4.64. The summed E-state index contributed by atoms with van der Waals surface area (Å²) < 4.78 is 7.05. The van der Waals surface area contributed by atoms with Crippen molar-refractivity contribution in [1.29, 1.82) is 0 Å². The van der Waals surface area contributed by atoms with E-state index in [0.29, 0.717) is 11.0 Å². The summed E-state index contributed by atoms with van der Waals surface area (Å²) in [6.07, 6.45) is 0. The van der Waals surface area contributed by atoms with Gasteiger partial charge in [0, 0.05) is 7.05 Å². The number of carbonyl (C=O) groups excluding carboxylic acids is 1. The van der Waals surface area contributed by atoms with Gasteiger partial charge in [0.15, 0.2) is 5.82 Å². The molecular weight excluding hydrogens is 326 g/mol. The molecule has 2 aromatic rings. The van der Waals surface area contributed by atoms with Crippen molar-refractivity contribution in [2.75, 3.05) is 18.6 Å². The second-order valence-electron chi connectivity index (χ2n) is 6.29. The van der Waals surface area contributed by atoms with Crippen molar-refractivity contribution in [2.45, 2.75) is 37.9 Å². The molecule has 1 amide bonds. The number of hydrogen-bond donors (Lipinski definition) is 2. The largest absolute Gasteiger partial charge is 0.486 e. The summed E-state index contributed by atoms with van der Waals surface area (Å²) in [5.74, 6) is 7.31. The fourth-order valence-electron chi connectivity index (χ4n) is 1.91. The molecule has 0 saturated carbocycles.